The summed E-state index contributed by atoms with van der Waals surface area (Å²) >= 11 is 1.50. The fourth-order valence-corrected chi connectivity index (χ4v) is 3.54. The van der Waals surface area contributed by atoms with Gasteiger partial charge < -0.3 is 14.8 Å². The second-order valence-corrected chi connectivity index (χ2v) is 7.04. The predicted octanol–water partition coefficient (Wildman–Crippen LogP) is 4.44. The molecule has 0 aliphatic heterocycles. The van der Waals surface area contributed by atoms with E-state index in [9.17, 15) is 9.18 Å². The summed E-state index contributed by atoms with van der Waals surface area (Å²) in [7, 11) is 0. The van der Waals surface area contributed by atoms with Gasteiger partial charge in [0.05, 0.1) is 24.3 Å². The van der Waals surface area contributed by atoms with Gasteiger partial charge in [0, 0.05) is 10.9 Å². The number of hydrogen-bond acceptors (Lipinski definition) is 5. The molecule has 7 heteroatoms. The van der Waals surface area contributed by atoms with Crippen molar-refractivity contribution in [3.63, 3.8) is 0 Å². The minimum absolute atomic E-state index is 0.227. The number of ether oxygens (including phenoxy) is 2. The van der Waals surface area contributed by atoms with E-state index in [-0.39, 0.29) is 18.3 Å². The molecule has 2 aromatic carbocycles. The summed E-state index contributed by atoms with van der Waals surface area (Å²) in [6, 6.07) is 16.2. The molecule has 1 aromatic heterocycles. The van der Waals surface area contributed by atoms with E-state index in [4.69, 9.17) is 14.7 Å². The SMILES string of the molecule is CCOc1cc(C#N)ccc1OCC(=O)N[C@H](c1ccc(F)cc1)c1cccs1. The van der Waals surface area contributed by atoms with E-state index in [1.807, 2.05) is 30.5 Å². The van der Waals surface area contributed by atoms with Crippen LogP contribution in [0.4, 0.5) is 4.39 Å². The molecule has 0 aliphatic carbocycles. The smallest absolute Gasteiger partial charge is 0.258 e. The lowest BCUT2D eigenvalue weighted by Crippen LogP contribution is -2.33. The van der Waals surface area contributed by atoms with E-state index in [2.05, 4.69) is 5.32 Å². The van der Waals surface area contributed by atoms with Crippen LogP contribution in [0.15, 0.2) is 60.0 Å². The summed E-state index contributed by atoms with van der Waals surface area (Å²) in [6.07, 6.45) is 0. The molecule has 0 spiro atoms. The number of benzene rings is 2. The zero-order chi connectivity index (χ0) is 20.6. The molecule has 0 radical (unpaired) electrons. The highest BCUT2D eigenvalue weighted by Gasteiger charge is 2.19. The topological polar surface area (TPSA) is 71.3 Å². The molecule has 5 nitrogen and oxygen atoms in total. The molecule has 0 saturated carbocycles. The molecular formula is C22H19FN2O3S. The molecule has 148 valence electrons. The van der Waals surface area contributed by atoms with Crippen LogP contribution in [0, 0.1) is 17.1 Å². The third kappa shape index (κ3) is 5.33. The van der Waals surface area contributed by atoms with Crippen LogP contribution in [0.3, 0.4) is 0 Å². The maximum Gasteiger partial charge on any atom is 0.258 e. The van der Waals surface area contributed by atoms with Gasteiger partial charge >= 0.3 is 0 Å². The second-order valence-electron chi connectivity index (χ2n) is 6.06. The fourth-order valence-electron chi connectivity index (χ4n) is 2.74. The van der Waals surface area contributed by atoms with Crippen LogP contribution in [0.5, 0.6) is 11.5 Å². The Morgan fingerprint density at radius 1 is 1.17 bits per heavy atom. The Morgan fingerprint density at radius 3 is 2.62 bits per heavy atom. The van der Waals surface area contributed by atoms with Crippen molar-refractivity contribution in [3.05, 3.63) is 81.8 Å². The predicted molar refractivity (Wildman–Crippen MR) is 109 cm³/mol. The van der Waals surface area contributed by atoms with Crippen LogP contribution < -0.4 is 14.8 Å². The van der Waals surface area contributed by atoms with E-state index < -0.39 is 6.04 Å². The molecule has 0 bridgehead atoms. The lowest BCUT2D eigenvalue weighted by atomic mass is 10.1. The van der Waals surface area contributed by atoms with Crippen LogP contribution in [-0.4, -0.2) is 19.1 Å². The van der Waals surface area contributed by atoms with Crippen LogP contribution >= 0.6 is 11.3 Å². The number of nitrogens with zero attached hydrogens (tertiary/aromatic N) is 1. The third-order valence-electron chi connectivity index (χ3n) is 4.07. The molecule has 1 amide bonds. The van der Waals surface area contributed by atoms with Gasteiger partial charge in [-0.3, -0.25) is 4.79 Å². The van der Waals surface area contributed by atoms with Crippen molar-refractivity contribution >= 4 is 17.2 Å². The van der Waals surface area contributed by atoms with Gasteiger partial charge in [-0.15, -0.1) is 11.3 Å². The average Bonchev–Trinajstić information content (AvgIpc) is 3.26. The van der Waals surface area contributed by atoms with Gasteiger partial charge in [-0.05, 0) is 48.2 Å². The van der Waals surface area contributed by atoms with Crippen molar-refractivity contribution in [3.8, 4) is 17.6 Å². The van der Waals surface area contributed by atoms with Gasteiger partial charge in [0.1, 0.15) is 5.82 Å². The van der Waals surface area contributed by atoms with Crippen molar-refractivity contribution in [1.29, 1.82) is 5.26 Å². The highest BCUT2D eigenvalue weighted by Crippen LogP contribution is 2.29. The molecular weight excluding hydrogens is 391 g/mol. The monoisotopic (exact) mass is 410 g/mol. The molecule has 3 aromatic rings. The summed E-state index contributed by atoms with van der Waals surface area (Å²) in [6.45, 7) is 2.00. The maximum atomic E-state index is 13.3. The number of amides is 1. The number of nitriles is 1. The van der Waals surface area contributed by atoms with Crippen molar-refractivity contribution in [2.75, 3.05) is 13.2 Å². The van der Waals surface area contributed by atoms with Crippen LogP contribution in [0.1, 0.15) is 29.0 Å². The lowest BCUT2D eigenvalue weighted by Gasteiger charge is -2.19. The Labute approximate surface area is 172 Å². The van der Waals surface area contributed by atoms with E-state index in [1.54, 1.807) is 30.3 Å². The maximum absolute atomic E-state index is 13.3. The van der Waals surface area contributed by atoms with E-state index in [0.717, 1.165) is 10.4 Å². The van der Waals surface area contributed by atoms with Crippen LogP contribution in [0.25, 0.3) is 0 Å². The summed E-state index contributed by atoms with van der Waals surface area (Å²) in [5, 5.41) is 13.9. The molecule has 0 unspecified atom stereocenters. The quantitative estimate of drug-likeness (QED) is 0.596. The Hall–Kier alpha value is -3.37. The van der Waals surface area contributed by atoms with Crippen LogP contribution in [0.2, 0.25) is 0 Å². The van der Waals surface area contributed by atoms with Gasteiger partial charge in [0.25, 0.3) is 5.91 Å². The molecule has 1 heterocycles. The summed E-state index contributed by atoms with van der Waals surface area (Å²) < 4.78 is 24.4. The summed E-state index contributed by atoms with van der Waals surface area (Å²) in [5.41, 5.74) is 1.22. The summed E-state index contributed by atoms with van der Waals surface area (Å²) in [5.74, 6) is 0.125. The number of nitrogens with one attached hydrogen (secondary N) is 1. The largest absolute Gasteiger partial charge is 0.490 e. The van der Waals surface area contributed by atoms with Gasteiger partial charge in [-0.2, -0.15) is 5.26 Å². The minimum Gasteiger partial charge on any atom is -0.490 e. The first-order chi connectivity index (χ1) is 14.1. The first-order valence-electron chi connectivity index (χ1n) is 8.98. The molecule has 1 atom stereocenters. The third-order valence-corrected chi connectivity index (χ3v) is 5.00. The number of halogens is 1. The molecule has 29 heavy (non-hydrogen) atoms. The highest BCUT2D eigenvalue weighted by atomic mass is 32.1. The van der Waals surface area contributed by atoms with Crippen LogP contribution in [-0.2, 0) is 4.79 Å². The number of carbonyl (C=O) groups excluding carboxylic acids is 1. The Morgan fingerprint density at radius 2 is 1.97 bits per heavy atom. The van der Waals surface area contributed by atoms with E-state index in [1.165, 1.54) is 23.5 Å². The van der Waals surface area contributed by atoms with Gasteiger partial charge in [-0.25, -0.2) is 4.39 Å². The fraction of sp³-hybridized carbons (Fsp3) is 0.182. The van der Waals surface area contributed by atoms with Gasteiger partial charge in [0.2, 0.25) is 0 Å². The number of hydrogen-bond donors (Lipinski definition) is 1. The first-order valence-corrected chi connectivity index (χ1v) is 9.86. The highest BCUT2D eigenvalue weighted by molar-refractivity contribution is 7.10. The zero-order valence-electron chi connectivity index (χ0n) is 15.7. The Bertz CT molecular complexity index is 998. The van der Waals surface area contributed by atoms with Gasteiger partial charge in [0.15, 0.2) is 18.1 Å². The molecule has 3 rings (SSSR count). The van der Waals surface area contributed by atoms with Crippen molar-refractivity contribution in [2.45, 2.75) is 13.0 Å². The average molecular weight is 410 g/mol. The van der Waals surface area contributed by atoms with E-state index >= 15 is 0 Å². The number of carbonyl (C=O) groups is 1. The minimum atomic E-state index is -0.404. The lowest BCUT2D eigenvalue weighted by molar-refractivity contribution is -0.123. The van der Waals surface area contributed by atoms with Gasteiger partial charge in [-0.1, -0.05) is 18.2 Å². The van der Waals surface area contributed by atoms with Crippen molar-refractivity contribution in [1.82, 2.24) is 5.32 Å². The molecule has 0 aliphatic rings. The molecule has 0 fully saturated rings. The van der Waals surface area contributed by atoms with E-state index in [0.29, 0.717) is 23.7 Å². The van der Waals surface area contributed by atoms with Crippen molar-refractivity contribution < 1.29 is 18.7 Å². The number of thiophene rings is 1. The Balaban J connectivity index is 1.71. The normalized spacial score (nSPS) is 11.3. The number of rotatable bonds is 8. The zero-order valence-corrected chi connectivity index (χ0v) is 16.5. The second kappa shape index (κ2) is 9.71. The molecule has 1 N–H and O–H groups in total. The first kappa shape index (κ1) is 20.4. The summed E-state index contributed by atoms with van der Waals surface area (Å²) in [4.78, 5) is 13.5. The van der Waals surface area contributed by atoms with Crippen molar-refractivity contribution in [2.24, 2.45) is 0 Å². The standard InChI is InChI=1S/C22H19FN2O3S/c1-2-27-19-12-15(13-24)5-10-18(19)28-14-21(26)25-22(20-4-3-11-29-20)16-6-8-17(23)9-7-16/h3-12,22H,2,14H2,1H3,(H,25,26)/t22-/m1/s1. The molecule has 0 saturated heterocycles. The Kier molecular flexibility index (Phi) is 6.82.